The van der Waals surface area contributed by atoms with Gasteiger partial charge in [-0.05, 0) is 24.1 Å². The SMILES string of the molecule is CCCn1ncc(OC)c1C(O)Cc1ccncc1. The zero-order valence-corrected chi connectivity index (χ0v) is 11.3. The lowest BCUT2D eigenvalue weighted by Gasteiger charge is -2.14. The highest BCUT2D eigenvalue weighted by molar-refractivity contribution is 5.28. The Kier molecular flexibility index (Phi) is 4.52. The van der Waals surface area contributed by atoms with Crippen molar-refractivity contribution in [3.8, 4) is 5.75 Å². The van der Waals surface area contributed by atoms with E-state index in [9.17, 15) is 5.11 Å². The molecule has 1 atom stereocenters. The maximum Gasteiger partial charge on any atom is 0.162 e. The Bertz CT molecular complexity index is 511. The molecule has 2 aromatic heterocycles. The topological polar surface area (TPSA) is 60.2 Å². The number of aliphatic hydroxyl groups is 1. The van der Waals surface area contributed by atoms with Crippen LogP contribution in [0.25, 0.3) is 0 Å². The quantitative estimate of drug-likeness (QED) is 0.863. The number of nitrogens with zero attached hydrogens (tertiary/aromatic N) is 3. The van der Waals surface area contributed by atoms with Gasteiger partial charge in [0.25, 0.3) is 0 Å². The van der Waals surface area contributed by atoms with Crippen LogP contribution in [0.15, 0.2) is 30.7 Å². The average molecular weight is 261 g/mol. The minimum atomic E-state index is -0.633. The first-order valence-corrected chi connectivity index (χ1v) is 6.43. The van der Waals surface area contributed by atoms with Crippen LogP contribution in [0.4, 0.5) is 0 Å². The predicted molar refractivity (Wildman–Crippen MR) is 72.0 cm³/mol. The van der Waals surface area contributed by atoms with Gasteiger partial charge >= 0.3 is 0 Å². The van der Waals surface area contributed by atoms with E-state index in [0.717, 1.165) is 24.2 Å². The van der Waals surface area contributed by atoms with Gasteiger partial charge in [-0.3, -0.25) is 9.67 Å². The number of aliphatic hydroxyl groups excluding tert-OH is 1. The van der Waals surface area contributed by atoms with Gasteiger partial charge in [0.05, 0.1) is 13.3 Å². The zero-order chi connectivity index (χ0) is 13.7. The van der Waals surface area contributed by atoms with E-state index in [4.69, 9.17) is 4.74 Å². The Morgan fingerprint density at radius 3 is 2.74 bits per heavy atom. The van der Waals surface area contributed by atoms with Gasteiger partial charge in [0.2, 0.25) is 0 Å². The number of hydrogen-bond donors (Lipinski definition) is 1. The summed E-state index contributed by atoms with van der Waals surface area (Å²) < 4.78 is 7.09. The van der Waals surface area contributed by atoms with Gasteiger partial charge in [0.1, 0.15) is 11.8 Å². The van der Waals surface area contributed by atoms with Gasteiger partial charge in [0.15, 0.2) is 5.75 Å². The highest BCUT2D eigenvalue weighted by Gasteiger charge is 2.19. The van der Waals surface area contributed by atoms with Crippen molar-refractivity contribution in [2.24, 2.45) is 0 Å². The van der Waals surface area contributed by atoms with E-state index in [2.05, 4.69) is 17.0 Å². The first-order chi connectivity index (χ1) is 9.26. The third-order valence-corrected chi connectivity index (χ3v) is 2.99. The standard InChI is InChI=1S/C14H19N3O2/c1-3-8-17-14(13(19-2)10-16-17)12(18)9-11-4-6-15-7-5-11/h4-7,10,12,18H,3,8-9H2,1-2H3. The number of methoxy groups -OCH3 is 1. The number of rotatable bonds is 6. The van der Waals surface area contributed by atoms with E-state index in [1.54, 1.807) is 25.7 Å². The number of hydrogen-bond acceptors (Lipinski definition) is 4. The van der Waals surface area contributed by atoms with Crippen LogP contribution in [-0.2, 0) is 13.0 Å². The largest absolute Gasteiger partial charge is 0.493 e. The van der Waals surface area contributed by atoms with Crippen molar-refractivity contribution in [2.45, 2.75) is 32.4 Å². The van der Waals surface area contributed by atoms with E-state index in [0.29, 0.717) is 12.2 Å². The highest BCUT2D eigenvalue weighted by Crippen LogP contribution is 2.27. The second kappa shape index (κ2) is 6.33. The molecule has 2 rings (SSSR count). The number of aromatic nitrogens is 3. The van der Waals surface area contributed by atoms with Gasteiger partial charge in [-0.1, -0.05) is 6.92 Å². The smallest absolute Gasteiger partial charge is 0.162 e. The average Bonchev–Trinajstić information content (AvgIpc) is 2.83. The maximum atomic E-state index is 10.4. The fourth-order valence-electron chi connectivity index (χ4n) is 2.10. The molecule has 0 bridgehead atoms. The van der Waals surface area contributed by atoms with Crippen LogP contribution in [0, 0.1) is 0 Å². The summed E-state index contributed by atoms with van der Waals surface area (Å²) in [5, 5.41) is 14.7. The van der Waals surface area contributed by atoms with Crippen LogP contribution in [0.1, 0.15) is 30.7 Å². The van der Waals surface area contributed by atoms with Crippen molar-refractivity contribution in [1.82, 2.24) is 14.8 Å². The zero-order valence-electron chi connectivity index (χ0n) is 11.3. The minimum absolute atomic E-state index is 0.522. The molecule has 5 nitrogen and oxygen atoms in total. The Balaban J connectivity index is 2.22. The molecule has 0 amide bonds. The summed E-state index contributed by atoms with van der Waals surface area (Å²) in [6.07, 6.45) is 5.95. The minimum Gasteiger partial charge on any atom is -0.493 e. The van der Waals surface area contributed by atoms with E-state index < -0.39 is 6.10 Å². The molecule has 2 heterocycles. The van der Waals surface area contributed by atoms with Gasteiger partial charge in [-0.25, -0.2) is 0 Å². The molecular weight excluding hydrogens is 242 g/mol. The number of aryl methyl sites for hydroxylation is 1. The molecule has 0 aliphatic carbocycles. The summed E-state index contributed by atoms with van der Waals surface area (Å²) in [5.74, 6) is 0.634. The fraction of sp³-hybridized carbons (Fsp3) is 0.429. The third kappa shape index (κ3) is 3.12. The van der Waals surface area contributed by atoms with Crippen molar-refractivity contribution in [2.75, 3.05) is 7.11 Å². The first-order valence-electron chi connectivity index (χ1n) is 6.43. The molecule has 1 N–H and O–H groups in total. The second-order valence-electron chi connectivity index (χ2n) is 4.40. The molecule has 0 radical (unpaired) electrons. The monoisotopic (exact) mass is 261 g/mol. The van der Waals surface area contributed by atoms with Crippen molar-refractivity contribution in [3.05, 3.63) is 42.0 Å². The summed E-state index contributed by atoms with van der Waals surface area (Å²) in [7, 11) is 1.59. The molecule has 19 heavy (non-hydrogen) atoms. The van der Waals surface area contributed by atoms with Crippen LogP contribution >= 0.6 is 0 Å². The summed E-state index contributed by atoms with van der Waals surface area (Å²) in [4.78, 5) is 3.97. The maximum absolute atomic E-state index is 10.4. The lowest BCUT2D eigenvalue weighted by Crippen LogP contribution is -2.12. The molecule has 1 unspecified atom stereocenters. The fourth-order valence-corrected chi connectivity index (χ4v) is 2.10. The lowest BCUT2D eigenvalue weighted by molar-refractivity contribution is 0.162. The molecule has 0 aliphatic heterocycles. The molecule has 2 aromatic rings. The van der Waals surface area contributed by atoms with E-state index in [-0.39, 0.29) is 0 Å². The Morgan fingerprint density at radius 2 is 2.11 bits per heavy atom. The van der Waals surface area contributed by atoms with E-state index >= 15 is 0 Å². The van der Waals surface area contributed by atoms with E-state index in [1.165, 1.54) is 0 Å². The molecule has 0 saturated heterocycles. The Hall–Kier alpha value is -1.88. The van der Waals surface area contributed by atoms with Crippen LogP contribution in [0.5, 0.6) is 5.75 Å². The molecule has 0 aromatic carbocycles. The van der Waals surface area contributed by atoms with Crippen LogP contribution in [0.2, 0.25) is 0 Å². The molecule has 0 saturated carbocycles. The molecule has 5 heteroatoms. The predicted octanol–water partition coefficient (Wildman–Crippen LogP) is 1.97. The van der Waals surface area contributed by atoms with Crippen LogP contribution in [0.3, 0.4) is 0 Å². The summed E-state index contributed by atoms with van der Waals surface area (Å²) in [6, 6.07) is 3.80. The number of pyridine rings is 1. The highest BCUT2D eigenvalue weighted by atomic mass is 16.5. The van der Waals surface area contributed by atoms with Gasteiger partial charge < -0.3 is 9.84 Å². The summed E-state index contributed by atoms with van der Waals surface area (Å²) in [6.45, 7) is 2.85. The normalized spacial score (nSPS) is 12.4. The van der Waals surface area contributed by atoms with Crippen molar-refractivity contribution in [3.63, 3.8) is 0 Å². The second-order valence-corrected chi connectivity index (χ2v) is 4.40. The van der Waals surface area contributed by atoms with Gasteiger partial charge in [-0.15, -0.1) is 0 Å². The van der Waals surface area contributed by atoms with Crippen molar-refractivity contribution < 1.29 is 9.84 Å². The van der Waals surface area contributed by atoms with Crippen LogP contribution < -0.4 is 4.74 Å². The third-order valence-electron chi connectivity index (χ3n) is 2.99. The Labute approximate surface area is 112 Å². The molecular formula is C14H19N3O2. The summed E-state index contributed by atoms with van der Waals surface area (Å²) in [5.41, 5.74) is 1.77. The van der Waals surface area contributed by atoms with Gasteiger partial charge in [0, 0.05) is 25.4 Å². The molecule has 0 fully saturated rings. The van der Waals surface area contributed by atoms with E-state index in [1.807, 2.05) is 16.8 Å². The lowest BCUT2D eigenvalue weighted by atomic mass is 10.1. The number of ether oxygens (including phenoxy) is 1. The molecule has 0 aliphatic rings. The molecule has 0 spiro atoms. The van der Waals surface area contributed by atoms with Crippen molar-refractivity contribution in [1.29, 1.82) is 0 Å². The van der Waals surface area contributed by atoms with Gasteiger partial charge in [-0.2, -0.15) is 5.10 Å². The van der Waals surface area contributed by atoms with Crippen molar-refractivity contribution >= 4 is 0 Å². The summed E-state index contributed by atoms with van der Waals surface area (Å²) >= 11 is 0. The van der Waals surface area contributed by atoms with Crippen LogP contribution in [-0.4, -0.2) is 27.0 Å². The molecule has 102 valence electrons. The Morgan fingerprint density at radius 1 is 1.37 bits per heavy atom. The first kappa shape index (κ1) is 13.5.